The molecule has 17 heavy (non-hydrogen) atoms. The fourth-order valence-electron chi connectivity index (χ4n) is 1.78. The van der Waals surface area contributed by atoms with Gasteiger partial charge in [-0.25, -0.2) is 0 Å². The molecule has 84 valence electrons. The molecule has 1 aromatic carbocycles. The predicted molar refractivity (Wildman–Crippen MR) is 58.5 cm³/mol. The summed E-state index contributed by atoms with van der Waals surface area (Å²) >= 11 is 0. The van der Waals surface area contributed by atoms with Gasteiger partial charge >= 0.3 is 0 Å². The molecule has 0 fully saturated rings. The van der Waals surface area contributed by atoms with E-state index in [2.05, 4.69) is 15.4 Å². The minimum Gasteiger partial charge on any atom is -0.464 e. The lowest BCUT2D eigenvalue weighted by Gasteiger charge is -2.01. The zero-order valence-corrected chi connectivity index (χ0v) is 8.78. The van der Waals surface area contributed by atoms with Gasteiger partial charge in [-0.3, -0.25) is 4.79 Å². The number of carbonyl (C=O) groups excluding carboxylic acids is 1. The standard InChI is InChI=1S/C11H8N4O2/c16-6-10-4-8(5-15-13-7-12-14-15)3-9-1-2-17-11(9)10/h1-4,6-7H,5H2. The summed E-state index contributed by atoms with van der Waals surface area (Å²) in [6.07, 6.45) is 3.72. The molecule has 0 aliphatic rings. The Labute approximate surface area is 95.8 Å². The minimum atomic E-state index is 0.474. The molecule has 0 aliphatic carbocycles. The number of carbonyl (C=O) groups is 1. The first-order valence-electron chi connectivity index (χ1n) is 5.03. The van der Waals surface area contributed by atoms with Gasteiger partial charge in [0.05, 0.1) is 18.4 Å². The lowest BCUT2D eigenvalue weighted by molar-refractivity contribution is 0.112. The lowest BCUT2D eigenvalue weighted by Crippen LogP contribution is -2.04. The maximum Gasteiger partial charge on any atom is 0.162 e. The van der Waals surface area contributed by atoms with Crippen molar-refractivity contribution in [2.45, 2.75) is 6.54 Å². The van der Waals surface area contributed by atoms with Crippen molar-refractivity contribution < 1.29 is 9.21 Å². The maximum absolute atomic E-state index is 11.0. The molecular weight excluding hydrogens is 220 g/mol. The van der Waals surface area contributed by atoms with E-state index in [0.717, 1.165) is 17.2 Å². The number of aromatic nitrogens is 4. The summed E-state index contributed by atoms with van der Waals surface area (Å²) in [5.41, 5.74) is 2.07. The van der Waals surface area contributed by atoms with Gasteiger partial charge < -0.3 is 4.42 Å². The van der Waals surface area contributed by atoms with Crippen molar-refractivity contribution in [2.24, 2.45) is 0 Å². The maximum atomic E-state index is 11.0. The number of hydrogen-bond donors (Lipinski definition) is 0. The first kappa shape index (κ1) is 9.71. The van der Waals surface area contributed by atoms with Gasteiger partial charge in [0.2, 0.25) is 0 Å². The molecule has 0 bridgehead atoms. The van der Waals surface area contributed by atoms with Crippen LogP contribution in [0.4, 0.5) is 0 Å². The first-order chi connectivity index (χ1) is 8.36. The number of rotatable bonds is 3. The molecular formula is C11H8N4O2. The smallest absolute Gasteiger partial charge is 0.162 e. The SMILES string of the molecule is O=Cc1cc(Cn2ncnn2)cc2ccoc12. The Kier molecular flexibility index (Phi) is 2.18. The monoisotopic (exact) mass is 228 g/mol. The van der Waals surface area contributed by atoms with E-state index in [4.69, 9.17) is 4.42 Å². The van der Waals surface area contributed by atoms with E-state index >= 15 is 0 Å². The van der Waals surface area contributed by atoms with Gasteiger partial charge in [-0.05, 0) is 29.0 Å². The Morgan fingerprint density at radius 2 is 2.35 bits per heavy atom. The molecule has 2 heterocycles. The second kappa shape index (κ2) is 3.82. The average Bonchev–Trinajstić information content (AvgIpc) is 2.98. The van der Waals surface area contributed by atoms with Crippen LogP contribution in [0.3, 0.4) is 0 Å². The Bertz CT molecular complexity index is 657. The highest BCUT2D eigenvalue weighted by Crippen LogP contribution is 2.21. The van der Waals surface area contributed by atoms with Crippen molar-refractivity contribution in [2.75, 3.05) is 0 Å². The normalized spacial score (nSPS) is 10.8. The Morgan fingerprint density at radius 1 is 1.41 bits per heavy atom. The minimum absolute atomic E-state index is 0.474. The van der Waals surface area contributed by atoms with Crippen LogP contribution in [-0.2, 0) is 6.54 Å². The van der Waals surface area contributed by atoms with Gasteiger partial charge in [-0.2, -0.15) is 4.80 Å². The summed E-state index contributed by atoms with van der Waals surface area (Å²) in [6.45, 7) is 0.474. The van der Waals surface area contributed by atoms with Gasteiger partial charge in [-0.15, -0.1) is 10.2 Å². The van der Waals surface area contributed by atoms with Gasteiger partial charge in [0.1, 0.15) is 5.58 Å². The highest BCUT2D eigenvalue weighted by atomic mass is 16.3. The molecule has 6 nitrogen and oxygen atoms in total. The number of aldehydes is 1. The summed E-state index contributed by atoms with van der Waals surface area (Å²) in [4.78, 5) is 12.4. The highest BCUT2D eigenvalue weighted by molar-refractivity contribution is 5.95. The third-order valence-corrected chi connectivity index (χ3v) is 2.48. The topological polar surface area (TPSA) is 73.8 Å². The van der Waals surface area contributed by atoms with Crippen LogP contribution in [-0.4, -0.2) is 26.5 Å². The second-order valence-electron chi connectivity index (χ2n) is 3.61. The van der Waals surface area contributed by atoms with Gasteiger partial charge in [0.15, 0.2) is 12.6 Å². The molecule has 6 heteroatoms. The van der Waals surface area contributed by atoms with Crippen LogP contribution < -0.4 is 0 Å². The summed E-state index contributed by atoms with van der Waals surface area (Å²) in [5.74, 6) is 0. The van der Waals surface area contributed by atoms with Crippen molar-refractivity contribution in [1.29, 1.82) is 0 Å². The molecule has 3 aromatic rings. The van der Waals surface area contributed by atoms with E-state index in [9.17, 15) is 4.79 Å². The highest BCUT2D eigenvalue weighted by Gasteiger charge is 2.07. The largest absolute Gasteiger partial charge is 0.464 e. The fourth-order valence-corrected chi connectivity index (χ4v) is 1.78. The Hall–Kier alpha value is -2.50. The summed E-state index contributed by atoms with van der Waals surface area (Å²) < 4.78 is 5.25. The van der Waals surface area contributed by atoms with Crippen LogP contribution >= 0.6 is 0 Å². The van der Waals surface area contributed by atoms with Crippen LogP contribution in [0.1, 0.15) is 15.9 Å². The van der Waals surface area contributed by atoms with Crippen LogP contribution in [0, 0.1) is 0 Å². The van der Waals surface area contributed by atoms with E-state index in [1.807, 2.05) is 12.1 Å². The van der Waals surface area contributed by atoms with E-state index in [1.54, 1.807) is 12.3 Å². The molecule has 0 saturated carbocycles. The number of tetrazole rings is 1. The molecule has 0 aliphatic heterocycles. The number of fused-ring (bicyclic) bond motifs is 1. The van der Waals surface area contributed by atoms with E-state index < -0.39 is 0 Å². The zero-order valence-electron chi connectivity index (χ0n) is 8.78. The van der Waals surface area contributed by atoms with Crippen molar-refractivity contribution in [3.8, 4) is 0 Å². The molecule has 0 spiro atoms. The van der Waals surface area contributed by atoms with Crippen LogP contribution in [0.5, 0.6) is 0 Å². The van der Waals surface area contributed by atoms with Gasteiger partial charge in [0, 0.05) is 5.39 Å². The molecule has 3 rings (SSSR count). The van der Waals surface area contributed by atoms with Gasteiger partial charge in [-0.1, -0.05) is 0 Å². The Morgan fingerprint density at radius 3 is 3.12 bits per heavy atom. The molecule has 0 radical (unpaired) electrons. The van der Waals surface area contributed by atoms with Crippen LogP contribution in [0.15, 0.2) is 35.2 Å². The van der Waals surface area contributed by atoms with E-state index in [-0.39, 0.29) is 0 Å². The zero-order chi connectivity index (χ0) is 11.7. The Balaban J connectivity index is 2.07. The molecule has 0 atom stereocenters. The number of hydrogen-bond acceptors (Lipinski definition) is 5. The fraction of sp³-hybridized carbons (Fsp3) is 0.0909. The predicted octanol–water partition coefficient (Wildman–Crippen LogP) is 1.28. The van der Waals surface area contributed by atoms with Crippen molar-refractivity contribution in [1.82, 2.24) is 20.2 Å². The summed E-state index contributed by atoms with van der Waals surface area (Å²) in [7, 11) is 0. The quantitative estimate of drug-likeness (QED) is 0.631. The third kappa shape index (κ3) is 1.69. The van der Waals surface area contributed by atoms with Crippen molar-refractivity contribution >= 4 is 17.3 Å². The lowest BCUT2D eigenvalue weighted by atomic mass is 10.1. The summed E-state index contributed by atoms with van der Waals surface area (Å²) in [6, 6.07) is 5.53. The average molecular weight is 228 g/mol. The van der Waals surface area contributed by atoms with E-state index in [1.165, 1.54) is 11.1 Å². The molecule has 0 unspecified atom stereocenters. The number of furan rings is 1. The molecule has 0 N–H and O–H groups in total. The van der Waals surface area contributed by atoms with Crippen LogP contribution in [0.25, 0.3) is 11.0 Å². The molecule has 0 amide bonds. The number of nitrogens with zero attached hydrogens (tertiary/aromatic N) is 4. The molecule has 2 aromatic heterocycles. The summed E-state index contributed by atoms with van der Waals surface area (Å²) in [5, 5.41) is 12.2. The molecule has 0 saturated heterocycles. The van der Waals surface area contributed by atoms with E-state index in [0.29, 0.717) is 17.7 Å². The van der Waals surface area contributed by atoms with Crippen molar-refractivity contribution in [3.05, 3.63) is 41.9 Å². The van der Waals surface area contributed by atoms with Crippen LogP contribution in [0.2, 0.25) is 0 Å². The second-order valence-corrected chi connectivity index (χ2v) is 3.61. The number of benzene rings is 1. The first-order valence-corrected chi connectivity index (χ1v) is 5.03. The van der Waals surface area contributed by atoms with Crippen molar-refractivity contribution in [3.63, 3.8) is 0 Å². The van der Waals surface area contributed by atoms with Gasteiger partial charge in [0.25, 0.3) is 0 Å². The third-order valence-electron chi connectivity index (χ3n) is 2.48.